The molecule has 3 aromatic rings. The predicted octanol–water partition coefficient (Wildman–Crippen LogP) is 4.47. The number of aromatic nitrogens is 1. The zero-order valence-corrected chi connectivity index (χ0v) is 14.2. The average Bonchev–Trinajstić information content (AvgIpc) is 2.96. The van der Waals surface area contributed by atoms with Gasteiger partial charge in [0.1, 0.15) is 5.52 Å². The minimum absolute atomic E-state index is 0.176. The topological polar surface area (TPSA) is 78.9 Å². The lowest BCUT2D eigenvalue weighted by molar-refractivity contribution is -0.115. The number of hydrogen-bond donors (Lipinski definition) is 1. The number of oxazole rings is 1. The van der Waals surface area contributed by atoms with Crippen molar-refractivity contribution in [1.82, 2.24) is 4.98 Å². The number of carbonyl (C=O) groups is 1. The molecule has 5 nitrogen and oxygen atoms in total. The summed E-state index contributed by atoms with van der Waals surface area (Å²) < 4.78 is 5.60. The number of fused-ring (bicyclic) bond motifs is 1. The Morgan fingerprint density at radius 3 is 2.79 bits per heavy atom. The third kappa shape index (κ3) is 3.70. The summed E-state index contributed by atoms with van der Waals surface area (Å²) in [4.78, 5) is 16.6. The summed E-state index contributed by atoms with van der Waals surface area (Å²) in [6.45, 7) is 1.77. The quantitative estimate of drug-likeness (QED) is 0.697. The van der Waals surface area contributed by atoms with Gasteiger partial charge in [0, 0.05) is 16.8 Å². The Bertz CT molecular complexity index is 931. The number of benzene rings is 2. The molecule has 0 aliphatic heterocycles. The molecule has 1 heterocycles. The lowest BCUT2D eigenvalue weighted by Crippen LogP contribution is -2.22. The standard InChI is InChI=1S/C17H12ClN3O2S/c1-10(16(22)20-13-5-2-11(9-19)3-6-13)24-17-21-14-7-4-12(18)8-15(14)23-17/h2-8,10H,1H3,(H,20,22)/t10-/m1/s1. The first-order valence-corrected chi connectivity index (χ1v) is 8.35. The van der Waals surface area contributed by atoms with E-state index in [2.05, 4.69) is 10.3 Å². The van der Waals surface area contributed by atoms with Gasteiger partial charge in [-0.25, -0.2) is 4.98 Å². The van der Waals surface area contributed by atoms with Crippen LogP contribution in [0.15, 0.2) is 52.1 Å². The highest BCUT2D eigenvalue weighted by Crippen LogP contribution is 2.28. The highest BCUT2D eigenvalue weighted by atomic mass is 35.5. The first kappa shape index (κ1) is 16.4. The van der Waals surface area contributed by atoms with Gasteiger partial charge in [0.2, 0.25) is 5.91 Å². The third-order valence-electron chi connectivity index (χ3n) is 3.26. The fourth-order valence-corrected chi connectivity index (χ4v) is 2.92. The van der Waals surface area contributed by atoms with Crippen molar-refractivity contribution < 1.29 is 9.21 Å². The van der Waals surface area contributed by atoms with Crippen molar-refractivity contribution in [3.05, 3.63) is 53.1 Å². The molecule has 2 aromatic carbocycles. The van der Waals surface area contributed by atoms with E-state index in [9.17, 15) is 4.79 Å². The SMILES string of the molecule is C[C@@H](Sc1nc2ccc(Cl)cc2o1)C(=O)Nc1ccc(C#N)cc1. The molecule has 3 rings (SSSR count). The van der Waals surface area contributed by atoms with Crippen molar-refractivity contribution in [3.63, 3.8) is 0 Å². The van der Waals surface area contributed by atoms with E-state index in [1.54, 1.807) is 49.4 Å². The second-order valence-electron chi connectivity index (χ2n) is 5.03. The van der Waals surface area contributed by atoms with Gasteiger partial charge >= 0.3 is 0 Å². The molecule has 0 saturated heterocycles. The monoisotopic (exact) mass is 357 g/mol. The lowest BCUT2D eigenvalue weighted by Gasteiger charge is -2.09. The molecule has 1 aromatic heterocycles. The number of hydrogen-bond acceptors (Lipinski definition) is 5. The zero-order chi connectivity index (χ0) is 17.1. The number of nitrogens with zero attached hydrogens (tertiary/aromatic N) is 2. The fraction of sp³-hybridized carbons (Fsp3) is 0.118. The summed E-state index contributed by atoms with van der Waals surface area (Å²) in [6.07, 6.45) is 0. The summed E-state index contributed by atoms with van der Waals surface area (Å²) in [7, 11) is 0. The fourth-order valence-electron chi connectivity index (χ4n) is 2.00. The number of anilines is 1. The van der Waals surface area contributed by atoms with E-state index in [1.807, 2.05) is 6.07 Å². The maximum atomic E-state index is 12.3. The highest BCUT2D eigenvalue weighted by molar-refractivity contribution is 8.00. The van der Waals surface area contributed by atoms with Gasteiger partial charge < -0.3 is 9.73 Å². The van der Waals surface area contributed by atoms with E-state index < -0.39 is 5.25 Å². The largest absolute Gasteiger partial charge is 0.431 e. The van der Waals surface area contributed by atoms with Gasteiger partial charge in [-0.2, -0.15) is 5.26 Å². The molecule has 1 atom stereocenters. The second kappa shape index (κ2) is 6.95. The van der Waals surface area contributed by atoms with Crippen LogP contribution in [0.25, 0.3) is 11.1 Å². The van der Waals surface area contributed by atoms with Crippen molar-refractivity contribution in [3.8, 4) is 6.07 Å². The molecular weight excluding hydrogens is 346 g/mol. The molecule has 0 radical (unpaired) electrons. The Labute approximate surface area is 147 Å². The minimum Gasteiger partial charge on any atom is -0.431 e. The lowest BCUT2D eigenvalue weighted by atomic mass is 10.2. The van der Waals surface area contributed by atoms with E-state index in [1.165, 1.54) is 11.8 Å². The Kier molecular flexibility index (Phi) is 4.74. The summed E-state index contributed by atoms with van der Waals surface area (Å²) in [5.74, 6) is -0.176. The van der Waals surface area contributed by atoms with Gasteiger partial charge in [0.25, 0.3) is 5.22 Å². The molecule has 7 heteroatoms. The molecular formula is C17H12ClN3O2S. The molecule has 1 amide bonds. The molecule has 1 N–H and O–H groups in total. The maximum Gasteiger partial charge on any atom is 0.257 e. The number of nitrogens with one attached hydrogen (secondary N) is 1. The van der Waals surface area contributed by atoms with Gasteiger partial charge in [-0.3, -0.25) is 4.79 Å². The molecule has 0 aliphatic rings. The van der Waals surface area contributed by atoms with Crippen LogP contribution in [0.5, 0.6) is 0 Å². The van der Waals surface area contributed by atoms with E-state index in [0.29, 0.717) is 32.6 Å². The van der Waals surface area contributed by atoms with E-state index >= 15 is 0 Å². The van der Waals surface area contributed by atoms with Crippen LogP contribution in [-0.4, -0.2) is 16.1 Å². The normalized spacial score (nSPS) is 11.9. The smallest absolute Gasteiger partial charge is 0.257 e. The van der Waals surface area contributed by atoms with Crippen molar-refractivity contribution in [2.75, 3.05) is 5.32 Å². The summed E-state index contributed by atoms with van der Waals surface area (Å²) in [5, 5.41) is 12.2. The Morgan fingerprint density at radius 2 is 2.08 bits per heavy atom. The van der Waals surface area contributed by atoms with Crippen molar-refractivity contribution in [1.29, 1.82) is 5.26 Å². The van der Waals surface area contributed by atoms with Crippen LogP contribution in [-0.2, 0) is 4.79 Å². The summed E-state index contributed by atoms with van der Waals surface area (Å²) >= 11 is 7.14. The molecule has 24 heavy (non-hydrogen) atoms. The first-order valence-electron chi connectivity index (χ1n) is 7.09. The minimum atomic E-state index is -0.399. The number of amides is 1. The molecule has 0 bridgehead atoms. The molecule has 120 valence electrons. The maximum absolute atomic E-state index is 12.3. The Hall–Kier alpha value is -2.49. The van der Waals surface area contributed by atoms with Crippen LogP contribution < -0.4 is 5.32 Å². The van der Waals surface area contributed by atoms with Crippen LogP contribution in [0, 0.1) is 11.3 Å². The molecule has 0 saturated carbocycles. The van der Waals surface area contributed by atoms with Gasteiger partial charge in [-0.15, -0.1) is 0 Å². The molecule has 0 spiro atoms. The van der Waals surface area contributed by atoms with Crippen LogP contribution in [0.2, 0.25) is 5.02 Å². The van der Waals surface area contributed by atoms with Gasteiger partial charge in [-0.1, -0.05) is 23.4 Å². The predicted molar refractivity (Wildman–Crippen MR) is 94.1 cm³/mol. The van der Waals surface area contributed by atoms with Crippen molar-refractivity contribution >= 4 is 46.1 Å². The van der Waals surface area contributed by atoms with E-state index in [4.69, 9.17) is 21.3 Å². The Morgan fingerprint density at radius 1 is 1.33 bits per heavy atom. The van der Waals surface area contributed by atoms with Gasteiger partial charge in [0.15, 0.2) is 5.58 Å². The number of carbonyl (C=O) groups excluding carboxylic acids is 1. The summed E-state index contributed by atoms with van der Waals surface area (Å²) in [6, 6.07) is 13.9. The molecule has 0 aliphatic carbocycles. The highest BCUT2D eigenvalue weighted by Gasteiger charge is 2.18. The van der Waals surface area contributed by atoms with Crippen LogP contribution >= 0.6 is 23.4 Å². The molecule has 0 fully saturated rings. The molecule has 0 unspecified atom stereocenters. The third-order valence-corrected chi connectivity index (χ3v) is 4.44. The van der Waals surface area contributed by atoms with Gasteiger partial charge in [0.05, 0.1) is 16.9 Å². The van der Waals surface area contributed by atoms with Crippen LogP contribution in [0.4, 0.5) is 5.69 Å². The van der Waals surface area contributed by atoms with Crippen molar-refractivity contribution in [2.45, 2.75) is 17.4 Å². The zero-order valence-electron chi connectivity index (χ0n) is 12.6. The van der Waals surface area contributed by atoms with E-state index in [0.717, 1.165) is 0 Å². The first-order chi connectivity index (χ1) is 11.5. The van der Waals surface area contributed by atoms with Gasteiger partial charge in [-0.05, 0) is 43.3 Å². The van der Waals surface area contributed by atoms with Crippen LogP contribution in [0.3, 0.4) is 0 Å². The van der Waals surface area contributed by atoms with E-state index in [-0.39, 0.29) is 5.91 Å². The number of halogens is 1. The number of rotatable bonds is 4. The Balaban J connectivity index is 1.67. The number of thioether (sulfide) groups is 1. The average molecular weight is 358 g/mol. The number of nitriles is 1. The second-order valence-corrected chi connectivity index (χ2v) is 6.76. The van der Waals surface area contributed by atoms with Crippen molar-refractivity contribution in [2.24, 2.45) is 0 Å². The summed E-state index contributed by atoms with van der Waals surface area (Å²) in [5.41, 5.74) is 2.46. The van der Waals surface area contributed by atoms with Crippen LogP contribution in [0.1, 0.15) is 12.5 Å².